The van der Waals surface area contributed by atoms with Gasteiger partial charge in [-0.1, -0.05) is 17.2 Å². The number of carbonyl (C=O) groups is 2. The Kier molecular flexibility index (Phi) is 8.93. The van der Waals surface area contributed by atoms with Crippen LogP contribution < -0.4 is 10.6 Å². The van der Waals surface area contributed by atoms with Gasteiger partial charge in [0.1, 0.15) is 0 Å². The summed E-state index contributed by atoms with van der Waals surface area (Å²) in [5.74, 6) is 0.0155. The van der Waals surface area contributed by atoms with Crippen molar-refractivity contribution in [2.45, 2.75) is 33.1 Å². The molecule has 25 heavy (non-hydrogen) atoms. The van der Waals surface area contributed by atoms with Gasteiger partial charge in [-0.25, -0.2) is 0 Å². The third kappa shape index (κ3) is 6.33. The fraction of sp³-hybridized carbons (Fsp3) is 0.579. The Morgan fingerprint density at radius 3 is 2.48 bits per heavy atom. The first kappa shape index (κ1) is 21.5. The van der Waals surface area contributed by atoms with Crippen LogP contribution in [0.4, 0.5) is 0 Å². The number of rotatable bonds is 6. The maximum Gasteiger partial charge on any atom is 0.253 e. The molecule has 0 radical (unpaired) electrons. The first-order chi connectivity index (χ1) is 11.5. The van der Waals surface area contributed by atoms with E-state index in [-0.39, 0.29) is 30.1 Å². The molecule has 5 nitrogen and oxygen atoms in total. The highest BCUT2D eigenvalue weighted by molar-refractivity contribution is 5.95. The lowest BCUT2D eigenvalue weighted by Gasteiger charge is -2.32. The molecule has 1 aliphatic heterocycles. The van der Waals surface area contributed by atoms with Gasteiger partial charge in [0, 0.05) is 25.2 Å². The standard InChI is InChI=1S/C19H29N3O2.ClH/c1-14-10-15(2)12-17(11-14)19(24)22-9-4-6-16(13-22)18(23)21-8-5-7-20-3;/h10-12,16,20H,4-9,13H2,1-3H3,(H,21,23);1H. The Bertz CT molecular complexity index is 572. The van der Waals surface area contributed by atoms with E-state index >= 15 is 0 Å². The van der Waals surface area contributed by atoms with Crippen LogP contribution in [0.5, 0.6) is 0 Å². The minimum absolute atomic E-state index is 0. The molecule has 1 heterocycles. The fourth-order valence-corrected chi connectivity index (χ4v) is 3.28. The van der Waals surface area contributed by atoms with E-state index in [0.717, 1.165) is 49.0 Å². The Morgan fingerprint density at radius 2 is 1.84 bits per heavy atom. The summed E-state index contributed by atoms with van der Waals surface area (Å²) in [6.07, 6.45) is 2.65. The average Bonchev–Trinajstić information content (AvgIpc) is 2.57. The molecule has 0 bridgehead atoms. The summed E-state index contributed by atoms with van der Waals surface area (Å²) in [5.41, 5.74) is 2.91. The summed E-state index contributed by atoms with van der Waals surface area (Å²) in [7, 11) is 1.90. The smallest absolute Gasteiger partial charge is 0.253 e. The van der Waals surface area contributed by atoms with E-state index < -0.39 is 0 Å². The molecule has 1 aromatic carbocycles. The average molecular weight is 368 g/mol. The zero-order chi connectivity index (χ0) is 17.5. The number of amides is 2. The molecule has 1 aliphatic rings. The van der Waals surface area contributed by atoms with E-state index in [9.17, 15) is 9.59 Å². The highest BCUT2D eigenvalue weighted by Gasteiger charge is 2.28. The number of nitrogens with zero attached hydrogens (tertiary/aromatic N) is 1. The van der Waals surface area contributed by atoms with Gasteiger partial charge in [0.25, 0.3) is 5.91 Å². The molecule has 2 amide bonds. The van der Waals surface area contributed by atoms with E-state index in [2.05, 4.69) is 16.7 Å². The van der Waals surface area contributed by atoms with Gasteiger partial charge < -0.3 is 15.5 Å². The molecule has 2 rings (SSSR count). The molecule has 140 valence electrons. The quantitative estimate of drug-likeness (QED) is 0.758. The zero-order valence-corrected chi connectivity index (χ0v) is 16.2. The minimum Gasteiger partial charge on any atom is -0.356 e. The van der Waals surface area contributed by atoms with Crippen molar-refractivity contribution in [2.24, 2.45) is 5.92 Å². The van der Waals surface area contributed by atoms with Crippen molar-refractivity contribution in [3.8, 4) is 0 Å². The lowest BCUT2D eigenvalue weighted by molar-refractivity contribution is -0.126. The second-order valence-corrected chi connectivity index (χ2v) is 6.71. The Labute approximate surface area is 157 Å². The second kappa shape index (κ2) is 10.4. The zero-order valence-electron chi connectivity index (χ0n) is 15.4. The number of likely N-dealkylation sites (tertiary alicyclic amines) is 1. The van der Waals surface area contributed by atoms with E-state index in [1.165, 1.54) is 0 Å². The van der Waals surface area contributed by atoms with Crippen molar-refractivity contribution in [2.75, 3.05) is 33.2 Å². The molecule has 1 aromatic rings. The van der Waals surface area contributed by atoms with Gasteiger partial charge in [0.05, 0.1) is 5.92 Å². The highest BCUT2D eigenvalue weighted by atomic mass is 35.5. The molecule has 6 heteroatoms. The van der Waals surface area contributed by atoms with Gasteiger partial charge in [0.15, 0.2) is 0 Å². The van der Waals surface area contributed by atoms with E-state index in [1.807, 2.05) is 37.9 Å². The van der Waals surface area contributed by atoms with Gasteiger partial charge in [-0.2, -0.15) is 0 Å². The molecule has 0 aromatic heterocycles. The summed E-state index contributed by atoms with van der Waals surface area (Å²) in [6, 6.07) is 5.92. The van der Waals surface area contributed by atoms with Crippen molar-refractivity contribution < 1.29 is 9.59 Å². The summed E-state index contributed by atoms with van der Waals surface area (Å²) in [4.78, 5) is 26.9. The van der Waals surface area contributed by atoms with Crippen molar-refractivity contribution in [3.63, 3.8) is 0 Å². The normalized spacial score (nSPS) is 16.9. The number of halogens is 1. The number of carbonyl (C=O) groups excluding carboxylic acids is 2. The third-order valence-electron chi connectivity index (χ3n) is 4.45. The van der Waals surface area contributed by atoms with Crippen LogP contribution >= 0.6 is 12.4 Å². The van der Waals surface area contributed by atoms with Gasteiger partial charge >= 0.3 is 0 Å². The summed E-state index contributed by atoms with van der Waals surface area (Å²) < 4.78 is 0. The number of hydrogen-bond acceptors (Lipinski definition) is 3. The first-order valence-corrected chi connectivity index (χ1v) is 8.81. The molecule has 1 fully saturated rings. The molecule has 0 saturated carbocycles. The maximum atomic E-state index is 12.8. The van der Waals surface area contributed by atoms with Crippen LogP contribution in [-0.2, 0) is 4.79 Å². The van der Waals surface area contributed by atoms with Crippen LogP contribution in [0.15, 0.2) is 18.2 Å². The van der Waals surface area contributed by atoms with Crippen molar-refractivity contribution >= 4 is 24.2 Å². The van der Waals surface area contributed by atoms with Crippen LogP contribution in [0.3, 0.4) is 0 Å². The Hall–Kier alpha value is -1.59. The summed E-state index contributed by atoms with van der Waals surface area (Å²) in [5, 5.41) is 6.05. The van der Waals surface area contributed by atoms with Crippen LogP contribution in [0, 0.1) is 19.8 Å². The van der Waals surface area contributed by atoms with E-state index in [0.29, 0.717) is 13.1 Å². The number of piperidine rings is 1. The molecule has 1 saturated heterocycles. The highest BCUT2D eigenvalue weighted by Crippen LogP contribution is 2.20. The summed E-state index contributed by atoms with van der Waals surface area (Å²) in [6.45, 7) is 6.82. The Balaban J connectivity index is 0.00000312. The lowest BCUT2D eigenvalue weighted by Crippen LogP contribution is -2.45. The van der Waals surface area contributed by atoms with Crippen molar-refractivity contribution in [1.29, 1.82) is 0 Å². The predicted octanol–water partition coefficient (Wildman–Crippen LogP) is 2.30. The van der Waals surface area contributed by atoms with E-state index in [4.69, 9.17) is 0 Å². The van der Waals surface area contributed by atoms with Crippen molar-refractivity contribution in [3.05, 3.63) is 34.9 Å². The number of hydrogen-bond donors (Lipinski definition) is 2. The molecule has 0 spiro atoms. The monoisotopic (exact) mass is 367 g/mol. The molecule has 1 atom stereocenters. The molecule has 0 aliphatic carbocycles. The Morgan fingerprint density at radius 1 is 1.16 bits per heavy atom. The second-order valence-electron chi connectivity index (χ2n) is 6.71. The molecule has 2 N–H and O–H groups in total. The lowest BCUT2D eigenvalue weighted by atomic mass is 9.96. The molecule has 1 unspecified atom stereocenters. The topological polar surface area (TPSA) is 61.4 Å². The fourth-order valence-electron chi connectivity index (χ4n) is 3.28. The van der Waals surface area contributed by atoms with Gasteiger partial charge in [-0.3, -0.25) is 9.59 Å². The number of benzene rings is 1. The van der Waals surface area contributed by atoms with E-state index in [1.54, 1.807) is 0 Å². The molecular formula is C19H30ClN3O2. The van der Waals surface area contributed by atoms with Crippen LogP contribution in [-0.4, -0.2) is 49.9 Å². The van der Waals surface area contributed by atoms with Crippen LogP contribution in [0.25, 0.3) is 0 Å². The van der Waals surface area contributed by atoms with Crippen LogP contribution in [0.2, 0.25) is 0 Å². The van der Waals surface area contributed by atoms with Crippen molar-refractivity contribution in [1.82, 2.24) is 15.5 Å². The van der Waals surface area contributed by atoms with Gasteiger partial charge in [0.2, 0.25) is 5.91 Å². The van der Waals surface area contributed by atoms with Gasteiger partial charge in [-0.15, -0.1) is 12.4 Å². The van der Waals surface area contributed by atoms with Crippen LogP contribution in [0.1, 0.15) is 40.7 Å². The number of aryl methyl sites for hydroxylation is 2. The summed E-state index contributed by atoms with van der Waals surface area (Å²) >= 11 is 0. The number of nitrogens with one attached hydrogen (secondary N) is 2. The predicted molar refractivity (Wildman–Crippen MR) is 103 cm³/mol. The third-order valence-corrected chi connectivity index (χ3v) is 4.45. The van der Waals surface area contributed by atoms with Gasteiger partial charge in [-0.05, 0) is 58.8 Å². The molecular weight excluding hydrogens is 338 g/mol. The minimum atomic E-state index is -0.0943. The first-order valence-electron chi connectivity index (χ1n) is 8.81. The largest absolute Gasteiger partial charge is 0.356 e. The maximum absolute atomic E-state index is 12.8. The SMILES string of the molecule is CNCCCNC(=O)C1CCCN(C(=O)c2cc(C)cc(C)c2)C1.Cl.